The Morgan fingerprint density at radius 3 is 2.30 bits per heavy atom. The van der Waals surface area contributed by atoms with Gasteiger partial charge in [-0.05, 0) is 40.8 Å². The fourth-order valence-electron chi connectivity index (χ4n) is 3.92. The van der Waals surface area contributed by atoms with Gasteiger partial charge in [0.1, 0.15) is 17.4 Å². The van der Waals surface area contributed by atoms with Gasteiger partial charge in [0.25, 0.3) is 0 Å². The summed E-state index contributed by atoms with van der Waals surface area (Å²) < 4.78 is 5.64. The molecule has 0 saturated carbocycles. The minimum absolute atomic E-state index is 0.00273. The van der Waals surface area contributed by atoms with Crippen LogP contribution in [0.15, 0.2) is 48.5 Å². The van der Waals surface area contributed by atoms with E-state index in [2.05, 4.69) is 24.3 Å². The van der Waals surface area contributed by atoms with E-state index in [0.29, 0.717) is 12.2 Å². The van der Waals surface area contributed by atoms with Gasteiger partial charge in [-0.1, -0.05) is 48.5 Å². The lowest BCUT2D eigenvalue weighted by Gasteiger charge is -2.33. The molecule has 0 radical (unpaired) electrons. The first-order valence-electron chi connectivity index (χ1n) is 8.98. The van der Waals surface area contributed by atoms with Gasteiger partial charge in [0.15, 0.2) is 0 Å². The number of ether oxygens (including phenoxy) is 1. The van der Waals surface area contributed by atoms with Crippen molar-refractivity contribution < 1.29 is 19.4 Å². The molecule has 2 aliphatic rings. The normalized spacial score (nSPS) is 24.1. The summed E-state index contributed by atoms with van der Waals surface area (Å²) in [5, 5.41) is 8.80. The molecule has 0 amide bonds. The number of carboxylic acid groups (broad SMARTS) is 1. The standard InChI is InChI=1S/C21H21NO4S/c22-21(20(24)25)9-10-27-18(11-21)19(23)26-12-17-15-7-3-1-5-13(15)14-6-2-4-8-16(14)17/h1-8,17-18H,9-12,22H2,(H,24,25). The summed E-state index contributed by atoms with van der Waals surface area (Å²) >= 11 is 1.43. The van der Waals surface area contributed by atoms with Crippen molar-refractivity contribution in [3.63, 3.8) is 0 Å². The van der Waals surface area contributed by atoms with Crippen LogP contribution in [0.1, 0.15) is 29.9 Å². The van der Waals surface area contributed by atoms with Gasteiger partial charge < -0.3 is 15.6 Å². The second-order valence-electron chi connectivity index (χ2n) is 7.13. The molecule has 1 fully saturated rings. The predicted molar refractivity (Wildman–Crippen MR) is 105 cm³/mol. The topological polar surface area (TPSA) is 89.6 Å². The molecule has 0 spiro atoms. The molecule has 4 rings (SSSR count). The zero-order valence-corrected chi connectivity index (χ0v) is 15.6. The Labute approximate surface area is 161 Å². The molecule has 0 aromatic heterocycles. The summed E-state index contributed by atoms with van der Waals surface area (Å²) in [4.78, 5) is 24.0. The van der Waals surface area contributed by atoms with Crippen molar-refractivity contribution in [2.24, 2.45) is 5.73 Å². The highest BCUT2D eigenvalue weighted by Gasteiger charge is 2.43. The van der Waals surface area contributed by atoms with Crippen LogP contribution in [0, 0.1) is 0 Å². The maximum Gasteiger partial charge on any atom is 0.323 e. The highest BCUT2D eigenvalue weighted by Crippen LogP contribution is 2.44. The lowest BCUT2D eigenvalue weighted by Crippen LogP contribution is -2.53. The zero-order chi connectivity index (χ0) is 19.0. The third kappa shape index (κ3) is 3.24. The predicted octanol–water partition coefficient (Wildman–Crippen LogP) is 3.02. The molecule has 5 nitrogen and oxygen atoms in total. The van der Waals surface area contributed by atoms with E-state index in [4.69, 9.17) is 10.5 Å². The number of fused-ring (bicyclic) bond motifs is 3. The van der Waals surface area contributed by atoms with Crippen molar-refractivity contribution in [2.75, 3.05) is 12.4 Å². The molecule has 6 heteroatoms. The molecule has 2 aromatic carbocycles. The van der Waals surface area contributed by atoms with E-state index in [1.165, 1.54) is 22.9 Å². The molecular formula is C21H21NO4S. The monoisotopic (exact) mass is 383 g/mol. The van der Waals surface area contributed by atoms with E-state index in [0.717, 1.165) is 11.1 Å². The van der Waals surface area contributed by atoms with Crippen LogP contribution in [-0.4, -0.2) is 40.2 Å². The fourth-order valence-corrected chi connectivity index (χ4v) is 5.30. The number of carboxylic acids is 1. The van der Waals surface area contributed by atoms with Gasteiger partial charge in [0, 0.05) is 5.92 Å². The Hall–Kier alpha value is -2.31. The van der Waals surface area contributed by atoms with Crippen LogP contribution in [0.2, 0.25) is 0 Å². The van der Waals surface area contributed by atoms with Gasteiger partial charge in [-0.15, -0.1) is 11.8 Å². The Morgan fingerprint density at radius 2 is 1.70 bits per heavy atom. The minimum atomic E-state index is -1.35. The maximum atomic E-state index is 12.6. The van der Waals surface area contributed by atoms with E-state index in [-0.39, 0.29) is 24.9 Å². The number of rotatable bonds is 4. The molecule has 27 heavy (non-hydrogen) atoms. The number of carbonyl (C=O) groups excluding carboxylic acids is 1. The molecule has 2 aromatic rings. The smallest absolute Gasteiger partial charge is 0.323 e. The van der Waals surface area contributed by atoms with E-state index >= 15 is 0 Å². The van der Waals surface area contributed by atoms with Crippen LogP contribution < -0.4 is 5.73 Å². The van der Waals surface area contributed by atoms with Crippen LogP contribution in [0.25, 0.3) is 11.1 Å². The summed E-state index contributed by atoms with van der Waals surface area (Å²) in [6, 6.07) is 16.3. The number of hydrogen-bond donors (Lipinski definition) is 2. The van der Waals surface area contributed by atoms with Gasteiger partial charge in [-0.3, -0.25) is 9.59 Å². The summed E-state index contributed by atoms with van der Waals surface area (Å²) in [6.07, 6.45) is 0.462. The third-order valence-electron chi connectivity index (χ3n) is 5.46. The molecule has 1 aliphatic heterocycles. The number of esters is 1. The molecule has 2 unspecified atom stereocenters. The average Bonchev–Trinajstić information content (AvgIpc) is 3.00. The number of nitrogens with two attached hydrogens (primary N) is 1. The third-order valence-corrected chi connectivity index (χ3v) is 6.66. The van der Waals surface area contributed by atoms with E-state index in [1.807, 2.05) is 24.3 Å². The van der Waals surface area contributed by atoms with Crippen LogP contribution in [0.5, 0.6) is 0 Å². The van der Waals surface area contributed by atoms with E-state index in [9.17, 15) is 14.7 Å². The fraction of sp³-hybridized carbons (Fsp3) is 0.333. The van der Waals surface area contributed by atoms with Gasteiger partial charge in [-0.2, -0.15) is 0 Å². The lowest BCUT2D eigenvalue weighted by molar-refractivity contribution is -0.146. The maximum absolute atomic E-state index is 12.6. The number of thioether (sulfide) groups is 1. The quantitative estimate of drug-likeness (QED) is 0.789. The summed E-state index contributed by atoms with van der Waals surface area (Å²) in [7, 11) is 0. The van der Waals surface area contributed by atoms with Crippen LogP contribution >= 0.6 is 11.8 Å². The van der Waals surface area contributed by atoms with Gasteiger partial charge in [0.2, 0.25) is 0 Å². The Kier molecular flexibility index (Phi) is 4.70. The average molecular weight is 383 g/mol. The summed E-state index contributed by atoms with van der Waals surface area (Å²) in [6.45, 7) is 0.245. The van der Waals surface area contributed by atoms with Gasteiger partial charge >= 0.3 is 11.9 Å². The van der Waals surface area contributed by atoms with Gasteiger partial charge in [-0.25, -0.2) is 0 Å². The minimum Gasteiger partial charge on any atom is -0.480 e. The second kappa shape index (κ2) is 7.02. The first-order chi connectivity index (χ1) is 13.0. The van der Waals surface area contributed by atoms with Crippen molar-refractivity contribution in [2.45, 2.75) is 29.5 Å². The second-order valence-corrected chi connectivity index (χ2v) is 8.44. The van der Waals surface area contributed by atoms with E-state index < -0.39 is 16.8 Å². The SMILES string of the molecule is NC1(C(=O)O)CCSC(C(=O)OCC2c3ccccc3-c3ccccc32)C1. The highest BCUT2D eigenvalue weighted by molar-refractivity contribution is 8.00. The van der Waals surface area contributed by atoms with Crippen molar-refractivity contribution in [1.82, 2.24) is 0 Å². The number of benzene rings is 2. The summed E-state index contributed by atoms with van der Waals surface area (Å²) in [5.41, 5.74) is 9.26. The first-order valence-corrected chi connectivity index (χ1v) is 10.0. The molecule has 1 aliphatic carbocycles. The molecule has 2 atom stereocenters. The summed E-state index contributed by atoms with van der Waals surface area (Å²) in [5.74, 6) is -0.897. The first kappa shape index (κ1) is 18.1. The van der Waals surface area contributed by atoms with Crippen molar-refractivity contribution in [1.29, 1.82) is 0 Å². The van der Waals surface area contributed by atoms with Crippen LogP contribution in [0.4, 0.5) is 0 Å². The lowest BCUT2D eigenvalue weighted by atomic mass is 9.91. The van der Waals surface area contributed by atoms with Crippen molar-refractivity contribution in [3.05, 3.63) is 59.7 Å². The Morgan fingerprint density at radius 1 is 1.11 bits per heavy atom. The number of aliphatic carboxylic acids is 1. The largest absolute Gasteiger partial charge is 0.480 e. The Balaban J connectivity index is 1.49. The molecule has 1 heterocycles. The number of carbonyl (C=O) groups is 2. The molecular weight excluding hydrogens is 362 g/mol. The van der Waals surface area contributed by atoms with Crippen molar-refractivity contribution in [3.8, 4) is 11.1 Å². The highest BCUT2D eigenvalue weighted by atomic mass is 32.2. The molecule has 3 N–H and O–H groups in total. The van der Waals surface area contributed by atoms with Crippen LogP contribution in [0.3, 0.4) is 0 Å². The molecule has 1 saturated heterocycles. The number of hydrogen-bond acceptors (Lipinski definition) is 5. The van der Waals surface area contributed by atoms with Crippen LogP contribution in [-0.2, 0) is 14.3 Å². The van der Waals surface area contributed by atoms with E-state index in [1.54, 1.807) is 0 Å². The molecule has 0 bridgehead atoms. The molecule has 140 valence electrons. The zero-order valence-electron chi connectivity index (χ0n) is 14.8. The van der Waals surface area contributed by atoms with Crippen molar-refractivity contribution >= 4 is 23.7 Å². The Bertz CT molecular complexity index is 854. The van der Waals surface area contributed by atoms with Gasteiger partial charge in [0.05, 0.1) is 0 Å².